The van der Waals surface area contributed by atoms with E-state index in [2.05, 4.69) is 50.1 Å². The van der Waals surface area contributed by atoms with Crippen molar-refractivity contribution in [2.45, 2.75) is 38.5 Å². The van der Waals surface area contributed by atoms with Crippen molar-refractivity contribution in [1.82, 2.24) is 4.90 Å². The second-order valence-electron chi connectivity index (χ2n) is 6.36. The van der Waals surface area contributed by atoms with Gasteiger partial charge in [-0.1, -0.05) is 38.1 Å². The number of nitrogens with two attached hydrogens (primary N) is 1. The van der Waals surface area contributed by atoms with Gasteiger partial charge in [0.2, 0.25) is 0 Å². The van der Waals surface area contributed by atoms with Crippen LogP contribution in [0.25, 0.3) is 0 Å². The predicted molar refractivity (Wildman–Crippen MR) is 82.5 cm³/mol. The molecule has 1 aliphatic rings. The van der Waals surface area contributed by atoms with Crippen molar-refractivity contribution in [2.24, 2.45) is 11.7 Å². The summed E-state index contributed by atoms with van der Waals surface area (Å²) in [5.74, 6) is 1.79. The minimum absolute atomic E-state index is 0.487. The summed E-state index contributed by atoms with van der Waals surface area (Å²) in [5.41, 5.74) is 8.87. The van der Waals surface area contributed by atoms with Crippen LogP contribution >= 0.6 is 0 Å². The fourth-order valence-electron chi connectivity index (χ4n) is 3.28. The molecule has 0 spiro atoms. The highest BCUT2D eigenvalue weighted by Gasteiger charge is 2.20. The molecule has 1 aromatic carbocycles. The molecule has 2 nitrogen and oxygen atoms in total. The van der Waals surface area contributed by atoms with E-state index in [1.54, 1.807) is 0 Å². The molecule has 1 aliphatic heterocycles. The largest absolute Gasteiger partial charge is 0.330 e. The highest BCUT2D eigenvalue weighted by atomic mass is 15.1. The van der Waals surface area contributed by atoms with Gasteiger partial charge in [-0.05, 0) is 61.9 Å². The highest BCUT2D eigenvalue weighted by molar-refractivity contribution is 5.30. The fourth-order valence-corrected chi connectivity index (χ4v) is 3.28. The molecule has 2 atom stereocenters. The molecule has 0 saturated carbocycles. The summed E-state index contributed by atoms with van der Waals surface area (Å²) in [6.07, 6.45) is 2.64. The Morgan fingerprint density at radius 1 is 1.37 bits per heavy atom. The monoisotopic (exact) mass is 260 g/mol. The molecule has 106 valence electrons. The quantitative estimate of drug-likeness (QED) is 0.901. The molecule has 2 rings (SSSR count). The molecule has 1 saturated heterocycles. The molecule has 0 amide bonds. The first-order valence-electron chi connectivity index (χ1n) is 7.60. The fraction of sp³-hybridized carbons (Fsp3) is 0.647. The van der Waals surface area contributed by atoms with Gasteiger partial charge in [0.15, 0.2) is 0 Å². The third kappa shape index (κ3) is 3.58. The van der Waals surface area contributed by atoms with Gasteiger partial charge in [0.1, 0.15) is 0 Å². The van der Waals surface area contributed by atoms with Gasteiger partial charge >= 0.3 is 0 Å². The Morgan fingerprint density at radius 3 is 2.79 bits per heavy atom. The first kappa shape index (κ1) is 14.5. The molecular formula is C17H28N2. The van der Waals surface area contributed by atoms with E-state index in [1.807, 2.05) is 0 Å². The number of hydrogen-bond acceptors (Lipinski definition) is 2. The molecule has 0 aliphatic carbocycles. The van der Waals surface area contributed by atoms with Gasteiger partial charge < -0.3 is 10.6 Å². The maximum Gasteiger partial charge on any atom is 0.00472 e. The van der Waals surface area contributed by atoms with Crippen molar-refractivity contribution >= 4 is 0 Å². The molecule has 2 N–H and O–H groups in total. The van der Waals surface area contributed by atoms with Crippen LogP contribution in [-0.2, 0) is 0 Å². The Hall–Kier alpha value is -0.860. The van der Waals surface area contributed by atoms with E-state index in [-0.39, 0.29) is 0 Å². The SMILES string of the molecule is CC(C)C(CN)c1cccc(C2CCCN(C)C2)c1. The van der Waals surface area contributed by atoms with Crippen LogP contribution in [0.3, 0.4) is 0 Å². The van der Waals surface area contributed by atoms with E-state index in [1.165, 1.54) is 37.1 Å². The van der Waals surface area contributed by atoms with Gasteiger partial charge in [-0.3, -0.25) is 0 Å². The lowest BCUT2D eigenvalue weighted by molar-refractivity contribution is 0.250. The molecule has 2 unspecified atom stereocenters. The van der Waals surface area contributed by atoms with Gasteiger partial charge in [0.05, 0.1) is 0 Å². The average Bonchev–Trinajstić information content (AvgIpc) is 2.39. The molecular weight excluding hydrogens is 232 g/mol. The summed E-state index contributed by atoms with van der Waals surface area (Å²) >= 11 is 0. The third-order valence-electron chi connectivity index (χ3n) is 4.49. The van der Waals surface area contributed by atoms with Gasteiger partial charge in [-0.15, -0.1) is 0 Å². The Balaban J connectivity index is 2.18. The normalized spacial score (nSPS) is 22.7. The van der Waals surface area contributed by atoms with Crippen LogP contribution in [0.15, 0.2) is 24.3 Å². The summed E-state index contributed by atoms with van der Waals surface area (Å²) in [7, 11) is 2.23. The van der Waals surface area contributed by atoms with E-state index in [9.17, 15) is 0 Å². The molecule has 0 radical (unpaired) electrons. The molecule has 0 bridgehead atoms. The zero-order chi connectivity index (χ0) is 13.8. The van der Waals surface area contributed by atoms with Crippen LogP contribution < -0.4 is 5.73 Å². The number of hydrogen-bond donors (Lipinski definition) is 1. The first-order chi connectivity index (χ1) is 9.11. The summed E-state index contributed by atoms with van der Waals surface area (Å²) in [5, 5.41) is 0. The Bertz CT molecular complexity index is 400. The molecule has 2 heteroatoms. The van der Waals surface area contributed by atoms with Gasteiger partial charge in [0.25, 0.3) is 0 Å². The summed E-state index contributed by atoms with van der Waals surface area (Å²) < 4.78 is 0. The summed E-state index contributed by atoms with van der Waals surface area (Å²) in [4.78, 5) is 2.45. The second kappa shape index (κ2) is 6.53. The molecule has 1 aromatic rings. The first-order valence-corrected chi connectivity index (χ1v) is 7.60. The smallest absolute Gasteiger partial charge is 0.00472 e. The number of likely N-dealkylation sites (tertiary alicyclic amines) is 1. The van der Waals surface area contributed by atoms with Crippen molar-refractivity contribution in [1.29, 1.82) is 0 Å². The van der Waals surface area contributed by atoms with E-state index >= 15 is 0 Å². The van der Waals surface area contributed by atoms with Crippen LogP contribution in [0.2, 0.25) is 0 Å². The van der Waals surface area contributed by atoms with Crippen LogP contribution in [0.5, 0.6) is 0 Å². The number of rotatable bonds is 4. The van der Waals surface area contributed by atoms with E-state index in [0.717, 1.165) is 6.54 Å². The second-order valence-corrected chi connectivity index (χ2v) is 6.36. The van der Waals surface area contributed by atoms with Crippen LogP contribution in [0.4, 0.5) is 0 Å². The van der Waals surface area contributed by atoms with Gasteiger partial charge in [-0.2, -0.15) is 0 Å². The number of piperidine rings is 1. The molecule has 0 aromatic heterocycles. The summed E-state index contributed by atoms with van der Waals surface area (Å²) in [6.45, 7) is 7.70. The lowest BCUT2D eigenvalue weighted by atomic mass is 9.84. The maximum absolute atomic E-state index is 5.95. The number of likely N-dealkylation sites (N-methyl/N-ethyl adjacent to an activating group) is 1. The number of benzene rings is 1. The summed E-state index contributed by atoms with van der Waals surface area (Å²) in [6, 6.07) is 9.15. The van der Waals surface area contributed by atoms with Crippen LogP contribution in [-0.4, -0.2) is 31.6 Å². The van der Waals surface area contributed by atoms with Crippen molar-refractivity contribution in [3.8, 4) is 0 Å². The standard InChI is InChI=1S/C17H28N2/c1-13(2)17(11-18)15-7-4-6-14(10-15)16-8-5-9-19(3)12-16/h4,6-7,10,13,16-17H,5,8-9,11-12,18H2,1-3H3. The maximum atomic E-state index is 5.95. The molecule has 19 heavy (non-hydrogen) atoms. The van der Waals surface area contributed by atoms with Crippen molar-refractivity contribution in [3.05, 3.63) is 35.4 Å². The van der Waals surface area contributed by atoms with Crippen LogP contribution in [0, 0.1) is 5.92 Å². The topological polar surface area (TPSA) is 29.3 Å². The van der Waals surface area contributed by atoms with Gasteiger partial charge in [-0.25, -0.2) is 0 Å². The highest BCUT2D eigenvalue weighted by Crippen LogP contribution is 2.30. The third-order valence-corrected chi connectivity index (χ3v) is 4.49. The van der Waals surface area contributed by atoms with E-state index in [0.29, 0.717) is 17.8 Å². The van der Waals surface area contributed by atoms with Crippen molar-refractivity contribution < 1.29 is 0 Å². The zero-order valence-electron chi connectivity index (χ0n) is 12.6. The lowest BCUT2D eigenvalue weighted by Gasteiger charge is -2.30. The predicted octanol–water partition coefficient (Wildman–Crippen LogP) is 3.19. The minimum atomic E-state index is 0.487. The van der Waals surface area contributed by atoms with E-state index < -0.39 is 0 Å². The zero-order valence-corrected chi connectivity index (χ0v) is 12.6. The Labute approximate surface area is 118 Å². The van der Waals surface area contributed by atoms with Crippen LogP contribution in [0.1, 0.15) is 49.7 Å². The van der Waals surface area contributed by atoms with Crippen molar-refractivity contribution in [2.75, 3.05) is 26.7 Å². The number of nitrogens with zero attached hydrogens (tertiary/aromatic N) is 1. The average molecular weight is 260 g/mol. The van der Waals surface area contributed by atoms with E-state index in [4.69, 9.17) is 5.73 Å². The minimum Gasteiger partial charge on any atom is -0.330 e. The Morgan fingerprint density at radius 2 is 2.16 bits per heavy atom. The Kier molecular flexibility index (Phi) is 5.00. The molecule has 1 fully saturated rings. The van der Waals surface area contributed by atoms with Gasteiger partial charge in [0, 0.05) is 6.54 Å². The molecule has 1 heterocycles. The lowest BCUT2D eigenvalue weighted by Crippen LogP contribution is -2.30. The van der Waals surface area contributed by atoms with Crippen molar-refractivity contribution in [3.63, 3.8) is 0 Å².